The fourth-order valence-electron chi connectivity index (χ4n) is 5.17. The maximum Gasteiger partial charge on any atom is 0.261 e. The summed E-state index contributed by atoms with van der Waals surface area (Å²) in [5.41, 5.74) is 4.14. The minimum absolute atomic E-state index is 0.0559. The van der Waals surface area contributed by atoms with Gasteiger partial charge < -0.3 is 0 Å². The summed E-state index contributed by atoms with van der Waals surface area (Å²) in [5.74, 6) is 0.0526. The van der Waals surface area contributed by atoms with Crippen LogP contribution in [0.25, 0.3) is 0 Å². The lowest BCUT2D eigenvalue weighted by atomic mass is 9.88. The van der Waals surface area contributed by atoms with Crippen LogP contribution in [0, 0.1) is 5.82 Å². The molecule has 0 saturated carbocycles. The van der Waals surface area contributed by atoms with Crippen LogP contribution < -0.4 is 5.14 Å². The molecule has 0 aromatic heterocycles. The van der Waals surface area contributed by atoms with Gasteiger partial charge in [0, 0.05) is 17.5 Å². The topological polar surface area (TPSA) is 75.8 Å². The summed E-state index contributed by atoms with van der Waals surface area (Å²) in [7, 11) is -2.10. The van der Waals surface area contributed by atoms with Crippen molar-refractivity contribution in [3.05, 3.63) is 81.8 Å². The van der Waals surface area contributed by atoms with Crippen molar-refractivity contribution in [2.24, 2.45) is 10.1 Å². The molecule has 0 radical (unpaired) electrons. The van der Waals surface area contributed by atoms with E-state index >= 15 is 4.39 Å². The molecule has 3 aliphatic rings. The van der Waals surface area contributed by atoms with Gasteiger partial charge in [0.1, 0.15) is 18.6 Å². The van der Waals surface area contributed by atoms with Crippen molar-refractivity contribution < 1.29 is 17.3 Å². The number of fused-ring (bicyclic) bond motifs is 1. The van der Waals surface area contributed by atoms with Crippen LogP contribution in [-0.2, 0) is 29.4 Å². The summed E-state index contributed by atoms with van der Waals surface area (Å²) >= 11 is 0. The molecular weight excluding hydrogens is 427 g/mol. The number of hydrogen-bond acceptors (Lipinski definition) is 4. The van der Waals surface area contributed by atoms with Gasteiger partial charge >= 0.3 is 0 Å². The van der Waals surface area contributed by atoms with Gasteiger partial charge in [0.15, 0.2) is 6.34 Å². The molecule has 1 aliphatic carbocycles. The van der Waals surface area contributed by atoms with Crippen LogP contribution in [0.4, 0.5) is 4.39 Å². The highest BCUT2D eigenvalue weighted by Crippen LogP contribution is 2.41. The molecule has 168 valence electrons. The SMILES string of the molecule is C[N+]1(Cc2cc3c(cc2F)CC(N2CCC2)C3Cc2ccccc2)C=NC(S(N)(=O)=O)=C1. The third kappa shape index (κ3) is 4.03. The molecule has 0 spiro atoms. The molecule has 6 nitrogen and oxygen atoms in total. The minimum atomic E-state index is -3.89. The van der Waals surface area contributed by atoms with Crippen LogP contribution in [0.5, 0.6) is 0 Å². The molecule has 1 saturated heterocycles. The Kier molecular flexibility index (Phi) is 5.28. The van der Waals surface area contributed by atoms with Gasteiger partial charge in [-0.3, -0.25) is 9.38 Å². The van der Waals surface area contributed by atoms with Crippen LogP contribution in [0.2, 0.25) is 0 Å². The summed E-state index contributed by atoms with van der Waals surface area (Å²) in [4.78, 5) is 6.47. The Hall–Kier alpha value is -2.39. The fraction of sp³-hybridized carbons (Fsp3) is 0.375. The number of primary sulfonamides is 1. The molecule has 2 aromatic carbocycles. The normalized spacial score (nSPS) is 27.3. The Labute approximate surface area is 188 Å². The number of likely N-dealkylation sites (tertiary alicyclic amines) is 1. The predicted octanol–water partition coefficient (Wildman–Crippen LogP) is 2.86. The quantitative estimate of drug-likeness (QED) is 0.681. The number of sulfonamides is 1. The van der Waals surface area contributed by atoms with E-state index in [0.717, 1.165) is 31.5 Å². The number of quaternary nitrogens is 1. The number of nitrogens with two attached hydrogens (primary N) is 1. The Bertz CT molecular complexity index is 1210. The fourth-order valence-corrected chi connectivity index (χ4v) is 5.76. The number of aliphatic imine (C=N–C) groups is 1. The van der Waals surface area contributed by atoms with Crippen molar-refractivity contribution in [2.45, 2.75) is 37.8 Å². The van der Waals surface area contributed by atoms with Crippen molar-refractivity contribution >= 4 is 16.4 Å². The van der Waals surface area contributed by atoms with E-state index in [1.807, 2.05) is 12.1 Å². The van der Waals surface area contributed by atoms with Gasteiger partial charge in [-0.05, 0) is 61.2 Å². The first kappa shape index (κ1) is 21.5. The lowest BCUT2D eigenvalue weighted by Crippen LogP contribution is -2.47. The average Bonchev–Trinajstić information content (AvgIpc) is 3.23. The van der Waals surface area contributed by atoms with Crippen LogP contribution in [0.1, 0.15) is 34.6 Å². The van der Waals surface area contributed by atoms with E-state index in [1.165, 1.54) is 30.1 Å². The largest absolute Gasteiger partial charge is 0.299 e. The zero-order valence-electron chi connectivity index (χ0n) is 18.1. The van der Waals surface area contributed by atoms with E-state index in [2.05, 4.69) is 34.2 Å². The molecule has 2 N–H and O–H groups in total. The van der Waals surface area contributed by atoms with Gasteiger partial charge in [-0.2, -0.15) is 4.99 Å². The number of halogens is 1. The monoisotopic (exact) mass is 455 g/mol. The Morgan fingerprint density at radius 2 is 1.97 bits per heavy atom. The Balaban J connectivity index is 1.48. The third-order valence-electron chi connectivity index (χ3n) is 6.92. The predicted molar refractivity (Wildman–Crippen MR) is 123 cm³/mol. The smallest absolute Gasteiger partial charge is 0.261 e. The molecular formula is C24H28FN4O2S+. The number of benzene rings is 2. The lowest BCUT2D eigenvalue weighted by Gasteiger charge is -2.39. The van der Waals surface area contributed by atoms with E-state index in [4.69, 9.17) is 5.14 Å². The molecule has 5 rings (SSSR count). The molecule has 0 amide bonds. The zero-order valence-corrected chi connectivity index (χ0v) is 18.9. The van der Waals surface area contributed by atoms with Crippen molar-refractivity contribution in [2.75, 3.05) is 20.1 Å². The summed E-state index contributed by atoms with van der Waals surface area (Å²) in [6, 6.07) is 14.5. The van der Waals surface area contributed by atoms with Gasteiger partial charge in [0.2, 0.25) is 5.03 Å². The van der Waals surface area contributed by atoms with Crippen LogP contribution in [0.3, 0.4) is 0 Å². The maximum absolute atomic E-state index is 15.1. The highest BCUT2D eigenvalue weighted by molar-refractivity contribution is 7.93. The molecule has 3 atom stereocenters. The van der Waals surface area contributed by atoms with E-state index in [1.54, 1.807) is 13.1 Å². The van der Waals surface area contributed by atoms with Crippen molar-refractivity contribution in [1.29, 1.82) is 0 Å². The number of hydrogen-bond donors (Lipinski definition) is 1. The van der Waals surface area contributed by atoms with Gasteiger partial charge in [0.05, 0.1) is 7.05 Å². The second-order valence-corrected chi connectivity index (χ2v) is 10.9. The first-order chi connectivity index (χ1) is 15.2. The summed E-state index contributed by atoms with van der Waals surface area (Å²) < 4.78 is 38.5. The van der Waals surface area contributed by atoms with Gasteiger partial charge in [0.25, 0.3) is 10.0 Å². The summed E-state index contributed by atoms with van der Waals surface area (Å²) in [5, 5.41) is 5.03. The number of rotatable bonds is 6. The van der Waals surface area contributed by atoms with E-state index < -0.39 is 10.0 Å². The number of nitrogens with zero attached hydrogens (tertiary/aromatic N) is 3. The zero-order chi connectivity index (χ0) is 22.5. The highest BCUT2D eigenvalue weighted by atomic mass is 32.2. The molecule has 3 unspecified atom stereocenters. The molecule has 2 aromatic rings. The van der Waals surface area contributed by atoms with Crippen molar-refractivity contribution in [3.8, 4) is 0 Å². The standard InChI is InChI=1S/C24H28FN4O2S/c1-29(15-24(27-16-29)32(26,30)31)14-19-11-20-18(12-22(19)25)13-23(28-8-5-9-28)21(20)10-17-6-3-2-4-7-17/h2-4,6-7,11-12,15-16,21,23H,5,8-10,13-14H2,1H3,(H2,26,30,31)/q+1. The second kappa shape index (κ2) is 7.88. The lowest BCUT2D eigenvalue weighted by molar-refractivity contribution is -0.771. The average molecular weight is 456 g/mol. The Morgan fingerprint density at radius 1 is 1.22 bits per heavy atom. The third-order valence-corrected chi connectivity index (χ3v) is 7.71. The van der Waals surface area contributed by atoms with Crippen LogP contribution in [0.15, 0.2) is 58.7 Å². The maximum atomic E-state index is 15.1. The first-order valence-corrected chi connectivity index (χ1v) is 12.5. The molecule has 2 heterocycles. The Morgan fingerprint density at radius 3 is 2.59 bits per heavy atom. The molecule has 8 heteroatoms. The summed E-state index contributed by atoms with van der Waals surface area (Å²) in [6.07, 6.45) is 5.97. The van der Waals surface area contributed by atoms with Crippen LogP contribution in [-0.4, -0.2) is 50.3 Å². The molecule has 0 bridgehead atoms. The molecule has 32 heavy (non-hydrogen) atoms. The summed E-state index contributed by atoms with van der Waals surface area (Å²) in [6.45, 7) is 2.48. The van der Waals surface area contributed by atoms with Crippen molar-refractivity contribution in [1.82, 2.24) is 4.90 Å². The first-order valence-electron chi connectivity index (χ1n) is 11.0. The van der Waals surface area contributed by atoms with Gasteiger partial charge in [-0.25, -0.2) is 17.9 Å². The molecule has 1 fully saturated rings. The van der Waals surface area contributed by atoms with Crippen molar-refractivity contribution in [3.63, 3.8) is 0 Å². The highest BCUT2D eigenvalue weighted by Gasteiger charge is 2.39. The second-order valence-electron chi connectivity index (χ2n) is 9.36. The van der Waals surface area contributed by atoms with Gasteiger partial charge in [-0.15, -0.1) is 0 Å². The van der Waals surface area contributed by atoms with E-state index in [-0.39, 0.29) is 21.9 Å². The minimum Gasteiger partial charge on any atom is -0.299 e. The van der Waals surface area contributed by atoms with E-state index in [9.17, 15) is 8.42 Å². The van der Waals surface area contributed by atoms with E-state index in [0.29, 0.717) is 17.5 Å². The van der Waals surface area contributed by atoms with Crippen LogP contribution >= 0.6 is 0 Å². The molecule has 2 aliphatic heterocycles. The van der Waals surface area contributed by atoms with Gasteiger partial charge in [-0.1, -0.05) is 30.3 Å².